The summed E-state index contributed by atoms with van der Waals surface area (Å²) in [7, 11) is 0. The zero-order valence-corrected chi connectivity index (χ0v) is 16.3. The van der Waals surface area contributed by atoms with Gasteiger partial charge in [0.25, 0.3) is 5.91 Å². The molecule has 2 aliphatic heterocycles. The largest absolute Gasteiger partial charge is 0.356 e. The van der Waals surface area contributed by atoms with Crippen molar-refractivity contribution < 1.29 is 19.2 Å². The number of hydrogen-bond acceptors (Lipinski definition) is 4. The molecule has 1 aliphatic carbocycles. The van der Waals surface area contributed by atoms with E-state index < -0.39 is 11.6 Å². The highest BCUT2D eigenvalue weighted by Crippen LogP contribution is 2.36. The van der Waals surface area contributed by atoms with Gasteiger partial charge in [0.2, 0.25) is 11.8 Å². The van der Waals surface area contributed by atoms with Gasteiger partial charge in [0.1, 0.15) is 12.1 Å². The maximum Gasteiger partial charge on any atom is 0.325 e. The molecule has 3 aliphatic rings. The Morgan fingerprint density at radius 2 is 1.93 bits per heavy atom. The molecule has 8 heteroatoms. The summed E-state index contributed by atoms with van der Waals surface area (Å²) >= 11 is 0. The topological polar surface area (TPSA) is 98.8 Å². The summed E-state index contributed by atoms with van der Waals surface area (Å²) in [5.41, 5.74) is -0.824. The predicted octanol–water partition coefficient (Wildman–Crippen LogP) is 0.862. The van der Waals surface area contributed by atoms with E-state index in [0.29, 0.717) is 38.4 Å². The van der Waals surface area contributed by atoms with Gasteiger partial charge in [-0.1, -0.05) is 6.92 Å². The number of rotatable bonds is 4. The van der Waals surface area contributed by atoms with E-state index >= 15 is 0 Å². The molecule has 3 rings (SSSR count). The van der Waals surface area contributed by atoms with Gasteiger partial charge in [0, 0.05) is 19.6 Å². The fourth-order valence-electron chi connectivity index (χ4n) is 4.39. The number of carbonyl (C=O) groups excluding carboxylic acids is 4. The van der Waals surface area contributed by atoms with Crippen molar-refractivity contribution >= 4 is 23.8 Å². The number of nitrogens with one attached hydrogen (secondary N) is 2. The standard InChI is InChI=1S/C19H30N4O4/c1-3-20-16(25)14-5-4-10-22(11-14)15(24)12-23-17(26)19(21-18(23)27)8-6-13(2)7-9-19/h13-14H,3-12H2,1-2H3,(H,20,25)(H,21,27)/t13?,14-,19?/m1/s1. The first kappa shape index (κ1) is 19.6. The molecule has 1 saturated carbocycles. The van der Waals surface area contributed by atoms with Crippen molar-refractivity contribution in [3.05, 3.63) is 0 Å². The molecule has 1 spiro atoms. The lowest BCUT2D eigenvalue weighted by molar-refractivity contribution is -0.141. The van der Waals surface area contributed by atoms with Crippen molar-refractivity contribution in [3.8, 4) is 0 Å². The van der Waals surface area contributed by atoms with E-state index in [1.165, 1.54) is 0 Å². The number of nitrogens with zero attached hydrogens (tertiary/aromatic N) is 2. The van der Waals surface area contributed by atoms with Crippen LogP contribution in [0.15, 0.2) is 0 Å². The highest BCUT2D eigenvalue weighted by Gasteiger charge is 2.52. The molecule has 2 saturated heterocycles. The molecule has 1 atom stereocenters. The van der Waals surface area contributed by atoms with Gasteiger partial charge in [0.15, 0.2) is 0 Å². The molecule has 150 valence electrons. The lowest BCUT2D eigenvalue weighted by Crippen LogP contribution is -2.51. The van der Waals surface area contributed by atoms with Gasteiger partial charge < -0.3 is 15.5 Å². The minimum absolute atomic E-state index is 0.0414. The van der Waals surface area contributed by atoms with Gasteiger partial charge in [0.05, 0.1) is 5.92 Å². The van der Waals surface area contributed by atoms with E-state index in [4.69, 9.17) is 0 Å². The fraction of sp³-hybridized carbons (Fsp3) is 0.789. The molecule has 0 aromatic carbocycles. The van der Waals surface area contributed by atoms with Crippen molar-refractivity contribution in [2.45, 2.75) is 57.9 Å². The minimum atomic E-state index is -0.824. The summed E-state index contributed by atoms with van der Waals surface area (Å²) in [6.07, 6.45) is 4.55. The Labute approximate surface area is 160 Å². The number of amides is 5. The van der Waals surface area contributed by atoms with Gasteiger partial charge in [-0.2, -0.15) is 0 Å². The van der Waals surface area contributed by atoms with Crippen LogP contribution in [0.3, 0.4) is 0 Å². The van der Waals surface area contributed by atoms with Crippen molar-refractivity contribution in [1.82, 2.24) is 20.4 Å². The van der Waals surface area contributed by atoms with Crippen molar-refractivity contribution in [2.75, 3.05) is 26.2 Å². The average Bonchev–Trinajstić information content (AvgIpc) is 2.89. The Bertz CT molecular complexity index is 627. The lowest BCUT2D eigenvalue weighted by atomic mass is 9.77. The van der Waals surface area contributed by atoms with E-state index in [0.717, 1.165) is 30.6 Å². The van der Waals surface area contributed by atoms with E-state index in [-0.39, 0.29) is 30.2 Å². The molecule has 0 aromatic heterocycles. The Morgan fingerprint density at radius 1 is 1.22 bits per heavy atom. The smallest absolute Gasteiger partial charge is 0.325 e. The van der Waals surface area contributed by atoms with Crippen molar-refractivity contribution in [1.29, 1.82) is 0 Å². The molecule has 2 N–H and O–H groups in total. The molecule has 2 heterocycles. The SMILES string of the molecule is CCNC(=O)[C@@H]1CCCN(C(=O)CN2C(=O)NC3(CCC(C)CC3)C2=O)C1. The number of imide groups is 1. The Balaban J connectivity index is 1.61. The highest BCUT2D eigenvalue weighted by atomic mass is 16.2. The molecular weight excluding hydrogens is 348 g/mol. The average molecular weight is 378 g/mol. The van der Waals surface area contributed by atoms with Gasteiger partial charge in [-0.05, 0) is 51.4 Å². The molecule has 0 bridgehead atoms. The van der Waals surface area contributed by atoms with Crippen molar-refractivity contribution in [2.24, 2.45) is 11.8 Å². The number of piperidine rings is 1. The Kier molecular flexibility index (Phi) is 5.72. The van der Waals surface area contributed by atoms with Gasteiger partial charge >= 0.3 is 6.03 Å². The second kappa shape index (κ2) is 7.86. The zero-order valence-electron chi connectivity index (χ0n) is 16.3. The fourth-order valence-corrected chi connectivity index (χ4v) is 4.39. The summed E-state index contributed by atoms with van der Waals surface area (Å²) in [4.78, 5) is 52.7. The van der Waals surface area contributed by atoms with Crippen LogP contribution >= 0.6 is 0 Å². The number of urea groups is 1. The van der Waals surface area contributed by atoms with E-state index in [1.807, 2.05) is 6.92 Å². The lowest BCUT2D eigenvalue weighted by Gasteiger charge is -2.34. The summed E-state index contributed by atoms with van der Waals surface area (Å²) < 4.78 is 0. The molecule has 0 aromatic rings. The van der Waals surface area contributed by atoms with Crippen LogP contribution in [-0.4, -0.2) is 65.3 Å². The van der Waals surface area contributed by atoms with Crippen LogP contribution in [0, 0.1) is 11.8 Å². The third-order valence-corrected chi connectivity index (χ3v) is 6.16. The first-order valence-electron chi connectivity index (χ1n) is 10.1. The van der Waals surface area contributed by atoms with Crippen LogP contribution in [0.1, 0.15) is 52.4 Å². The van der Waals surface area contributed by atoms with Gasteiger partial charge in [-0.25, -0.2) is 4.79 Å². The molecule has 8 nitrogen and oxygen atoms in total. The van der Waals surface area contributed by atoms with Crippen LogP contribution in [0.25, 0.3) is 0 Å². The number of likely N-dealkylation sites (tertiary alicyclic amines) is 1. The first-order chi connectivity index (χ1) is 12.9. The summed E-state index contributed by atoms with van der Waals surface area (Å²) in [6, 6.07) is -0.472. The van der Waals surface area contributed by atoms with E-state index in [1.54, 1.807) is 4.90 Å². The molecule has 0 radical (unpaired) electrons. The number of hydrogen-bond donors (Lipinski definition) is 2. The minimum Gasteiger partial charge on any atom is -0.356 e. The zero-order chi connectivity index (χ0) is 19.6. The maximum absolute atomic E-state index is 12.9. The van der Waals surface area contributed by atoms with Gasteiger partial charge in [-0.3, -0.25) is 19.3 Å². The molecule has 0 unspecified atom stereocenters. The molecule has 5 amide bonds. The van der Waals surface area contributed by atoms with Crippen LogP contribution in [0.4, 0.5) is 4.79 Å². The maximum atomic E-state index is 12.9. The quantitative estimate of drug-likeness (QED) is 0.709. The van der Waals surface area contributed by atoms with Crippen LogP contribution in [0.5, 0.6) is 0 Å². The predicted molar refractivity (Wildman–Crippen MR) is 98.6 cm³/mol. The summed E-state index contributed by atoms with van der Waals surface area (Å²) in [6.45, 7) is 5.23. The Morgan fingerprint density at radius 3 is 2.59 bits per heavy atom. The van der Waals surface area contributed by atoms with E-state index in [2.05, 4.69) is 17.6 Å². The molecular formula is C19H30N4O4. The monoisotopic (exact) mass is 378 g/mol. The summed E-state index contributed by atoms with van der Waals surface area (Å²) in [5.74, 6) is -0.258. The third-order valence-electron chi connectivity index (χ3n) is 6.16. The Hall–Kier alpha value is -2.12. The first-order valence-corrected chi connectivity index (χ1v) is 10.1. The normalized spacial score (nSPS) is 31.2. The molecule has 27 heavy (non-hydrogen) atoms. The summed E-state index contributed by atoms with van der Waals surface area (Å²) in [5, 5.41) is 5.64. The number of carbonyl (C=O) groups is 4. The van der Waals surface area contributed by atoms with Crippen LogP contribution in [0.2, 0.25) is 0 Å². The van der Waals surface area contributed by atoms with Crippen LogP contribution < -0.4 is 10.6 Å². The van der Waals surface area contributed by atoms with Crippen molar-refractivity contribution in [3.63, 3.8) is 0 Å². The van der Waals surface area contributed by atoms with Gasteiger partial charge in [-0.15, -0.1) is 0 Å². The van der Waals surface area contributed by atoms with E-state index in [9.17, 15) is 19.2 Å². The second-order valence-electron chi connectivity index (χ2n) is 8.16. The molecule has 3 fully saturated rings. The van der Waals surface area contributed by atoms with Crippen LogP contribution in [-0.2, 0) is 14.4 Å². The third kappa shape index (κ3) is 3.94. The highest BCUT2D eigenvalue weighted by molar-refractivity contribution is 6.09. The second-order valence-corrected chi connectivity index (χ2v) is 8.16.